The summed E-state index contributed by atoms with van der Waals surface area (Å²) in [6.45, 7) is 0. The van der Waals surface area contributed by atoms with E-state index in [-0.39, 0.29) is 32.7 Å². The van der Waals surface area contributed by atoms with Crippen molar-refractivity contribution in [3.8, 4) is 0 Å². The zero-order valence-electron chi connectivity index (χ0n) is 3.45. The van der Waals surface area contributed by atoms with Crippen LogP contribution in [-0.2, 0) is 21.7 Å². The molecule has 0 rings (SSSR count). The minimum Gasteiger partial charge on any atom is -0.668 e. The molecule has 0 amide bonds. The maximum atomic E-state index is 3.50. The molecule has 0 N–H and O–H groups in total. The second-order valence-electron chi connectivity index (χ2n) is 0.447. The first-order chi connectivity index (χ1) is 1.41. The smallest absolute Gasteiger partial charge is 0 e. The standard InChI is InChI=1S/C2H6N.Si.Ti/c1-3-2;;/h1-2H3;;/q-1;;. The molecule has 0 aliphatic carbocycles. The molecular weight excluding hydrogens is 114 g/mol. The molecule has 0 spiro atoms. The van der Waals surface area contributed by atoms with E-state index in [1.165, 1.54) is 0 Å². The molecule has 0 heterocycles. The molecule has 0 bridgehead atoms. The van der Waals surface area contributed by atoms with Crippen LogP contribution in [0.15, 0.2) is 0 Å². The van der Waals surface area contributed by atoms with Crippen molar-refractivity contribution >= 4 is 11.0 Å². The molecule has 0 aliphatic rings. The Balaban J connectivity index is -0.0000000200. The van der Waals surface area contributed by atoms with Gasteiger partial charge in [0.25, 0.3) is 0 Å². The Labute approximate surface area is 52.4 Å². The van der Waals surface area contributed by atoms with E-state index in [2.05, 4.69) is 5.32 Å². The van der Waals surface area contributed by atoms with Gasteiger partial charge in [-0.05, 0) is 0 Å². The molecule has 4 radical (unpaired) electrons. The molecular formula is C2H6NSiTi-. The molecule has 0 unspecified atom stereocenters. The largest absolute Gasteiger partial charge is 0.668 e. The van der Waals surface area contributed by atoms with E-state index >= 15 is 0 Å². The Hall–Kier alpha value is 0.891. The molecule has 0 atom stereocenters. The normalized spacial score (nSPS) is 3.60. The molecule has 0 saturated carbocycles. The van der Waals surface area contributed by atoms with Gasteiger partial charge < -0.3 is 5.32 Å². The molecule has 0 saturated heterocycles. The maximum absolute atomic E-state index is 3.50. The van der Waals surface area contributed by atoms with Crippen LogP contribution < -0.4 is 0 Å². The van der Waals surface area contributed by atoms with Crippen LogP contribution in [-0.4, -0.2) is 25.1 Å². The van der Waals surface area contributed by atoms with E-state index in [9.17, 15) is 0 Å². The first-order valence-electron chi connectivity index (χ1n) is 0.894. The predicted molar refractivity (Wildman–Crippen MR) is 21.0 cm³/mol. The Morgan fingerprint density at radius 1 is 1.20 bits per heavy atom. The number of nitrogens with zero attached hydrogens (tertiary/aromatic N) is 1. The summed E-state index contributed by atoms with van der Waals surface area (Å²) in [5.74, 6) is 0. The van der Waals surface area contributed by atoms with Gasteiger partial charge in [0.15, 0.2) is 0 Å². The van der Waals surface area contributed by atoms with Crippen LogP contribution >= 0.6 is 0 Å². The van der Waals surface area contributed by atoms with Gasteiger partial charge in [0.1, 0.15) is 0 Å². The zero-order chi connectivity index (χ0) is 2.71. The van der Waals surface area contributed by atoms with Gasteiger partial charge >= 0.3 is 0 Å². The molecule has 0 aliphatic heterocycles. The molecule has 0 aromatic carbocycles. The van der Waals surface area contributed by atoms with E-state index in [4.69, 9.17) is 0 Å². The first kappa shape index (κ1) is 16.9. The molecule has 28 valence electrons. The zero-order valence-corrected chi connectivity index (χ0v) is 6.01. The van der Waals surface area contributed by atoms with Crippen LogP contribution in [0.25, 0.3) is 5.32 Å². The molecule has 5 heavy (non-hydrogen) atoms. The average molecular weight is 120 g/mol. The fraction of sp³-hybridized carbons (Fsp3) is 1.00. The van der Waals surface area contributed by atoms with Crippen molar-refractivity contribution in [3.05, 3.63) is 5.32 Å². The van der Waals surface area contributed by atoms with Crippen molar-refractivity contribution in [1.29, 1.82) is 0 Å². The van der Waals surface area contributed by atoms with Crippen molar-refractivity contribution in [2.24, 2.45) is 0 Å². The topological polar surface area (TPSA) is 14.1 Å². The van der Waals surface area contributed by atoms with Crippen LogP contribution in [0.5, 0.6) is 0 Å². The Morgan fingerprint density at radius 2 is 1.20 bits per heavy atom. The number of rotatable bonds is 0. The molecule has 0 fully saturated rings. The third-order valence-electron chi connectivity index (χ3n) is 0. The molecule has 3 heteroatoms. The summed E-state index contributed by atoms with van der Waals surface area (Å²) in [5.41, 5.74) is 0. The van der Waals surface area contributed by atoms with Gasteiger partial charge in [0.2, 0.25) is 0 Å². The van der Waals surface area contributed by atoms with E-state index in [0.29, 0.717) is 0 Å². The summed E-state index contributed by atoms with van der Waals surface area (Å²) >= 11 is 0. The average Bonchev–Trinajstić information content (AvgIpc) is 0.918. The summed E-state index contributed by atoms with van der Waals surface area (Å²) in [6.07, 6.45) is 0. The molecule has 0 aromatic rings. The van der Waals surface area contributed by atoms with Crippen molar-refractivity contribution < 1.29 is 21.7 Å². The molecule has 0 aromatic heterocycles. The van der Waals surface area contributed by atoms with Crippen molar-refractivity contribution in [3.63, 3.8) is 0 Å². The Bertz CT molecular complexity index is 9.61. The minimum absolute atomic E-state index is 0. The van der Waals surface area contributed by atoms with Gasteiger partial charge in [-0.1, -0.05) is 0 Å². The monoisotopic (exact) mass is 120 g/mol. The summed E-state index contributed by atoms with van der Waals surface area (Å²) in [4.78, 5) is 0. The van der Waals surface area contributed by atoms with E-state index < -0.39 is 0 Å². The van der Waals surface area contributed by atoms with Gasteiger partial charge in [-0.3, -0.25) is 0 Å². The quantitative estimate of drug-likeness (QED) is 0.406. The van der Waals surface area contributed by atoms with Gasteiger partial charge in [0.05, 0.1) is 0 Å². The van der Waals surface area contributed by atoms with Gasteiger partial charge in [-0.25, -0.2) is 0 Å². The van der Waals surface area contributed by atoms with Crippen LogP contribution in [0, 0.1) is 0 Å². The van der Waals surface area contributed by atoms with Crippen LogP contribution in [0.4, 0.5) is 0 Å². The fourth-order valence-electron chi connectivity index (χ4n) is 0. The predicted octanol–water partition coefficient (Wildman–Crippen LogP) is 0.236. The SMILES string of the molecule is C[N-]C.[Si].[Ti]. The Kier molecular flexibility index (Phi) is 69.8. The van der Waals surface area contributed by atoms with Crippen LogP contribution in [0.1, 0.15) is 0 Å². The van der Waals surface area contributed by atoms with Crippen molar-refractivity contribution in [1.82, 2.24) is 0 Å². The van der Waals surface area contributed by atoms with Gasteiger partial charge in [0, 0.05) is 32.7 Å². The second kappa shape index (κ2) is 20.7. The summed E-state index contributed by atoms with van der Waals surface area (Å²) in [5, 5.41) is 3.50. The fourth-order valence-corrected chi connectivity index (χ4v) is 0. The minimum atomic E-state index is 0. The summed E-state index contributed by atoms with van der Waals surface area (Å²) in [6, 6.07) is 0. The van der Waals surface area contributed by atoms with Crippen molar-refractivity contribution in [2.75, 3.05) is 14.1 Å². The van der Waals surface area contributed by atoms with Crippen LogP contribution in [0.3, 0.4) is 0 Å². The molecule has 1 nitrogen and oxygen atoms in total. The first-order valence-corrected chi connectivity index (χ1v) is 0.894. The summed E-state index contributed by atoms with van der Waals surface area (Å²) < 4.78 is 0. The Morgan fingerprint density at radius 3 is 1.20 bits per heavy atom. The van der Waals surface area contributed by atoms with E-state index in [1.54, 1.807) is 14.1 Å². The second-order valence-corrected chi connectivity index (χ2v) is 0.447. The van der Waals surface area contributed by atoms with Gasteiger partial charge in [-0.2, -0.15) is 14.1 Å². The van der Waals surface area contributed by atoms with Crippen LogP contribution in [0.2, 0.25) is 0 Å². The summed E-state index contributed by atoms with van der Waals surface area (Å²) in [7, 11) is 3.50. The van der Waals surface area contributed by atoms with Gasteiger partial charge in [-0.15, -0.1) is 0 Å². The third kappa shape index (κ3) is 51.5. The number of hydrogen-bond acceptors (Lipinski definition) is 0. The van der Waals surface area contributed by atoms with E-state index in [0.717, 1.165) is 0 Å². The third-order valence-corrected chi connectivity index (χ3v) is 0. The maximum Gasteiger partial charge on any atom is 0 e. The van der Waals surface area contributed by atoms with Crippen molar-refractivity contribution in [2.45, 2.75) is 0 Å². The van der Waals surface area contributed by atoms with E-state index in [1.807, 2.05) is 0 Å². The number of hydrogen-bond donors (Lipinski definition) is 0.